The summed E-state index contributed by atoms with van der Waals surface area (Å²) in [5, 5.41) is 2.76. The van der Waals surface area contributed by atoms with Crippen molar-refractivity contribution >= 4 is 12.0 Å². The molecule has 146 valence electrons. The third-order valence-corrected chi connectivity index (χ3v) is 5.28. The lowest BCUT2D eigenvalue weighted by molar-refractivity contribution is -0.138. The number of carbonyl (C=O) groups excluding carboxylic acids is 2. The molecule has 2 fully saturated rings. The highest BCUT2D eigenvalue weighted by molar-refractivity contribution is 5.86. The SMILES string of the molecule is O=C(N[C@H]1CCC[C@H]2OC[C@H](c3ccccc3)N2C1=O)OCc1ccccc1. The molecule has 1 N–H and O–H groups in total. The number of carbonyl (C=O) groups is 2. The summed E-state index contributed by atoms with van der Waals surface area (Å²) in [5.74, 6) is -0.106. The molecular weight excluding hydrogens is 356 g/mol. The normalized spacial score (nSPS) is 24.4. The van der Waals surface area contributed by atoms with Gasteiger partial charge in [-0.15, -0.1) is 0 Å². The van der Waals surface area contributed by atoms with Crippen LogP contribution in [0.3, 0.4) is 0 Å². The van der Waals surface area contributed by atoms with Gasteiger partial charge in [0.05, 0.1) is 12.6 Å². The van der Waals surface area contributed by atoms with Crippen molar-refractivity contribution in [2.45, 2.75) is 44.2 Å². The fourth-order valence-electron chi connectivity index (χ4n) is 3.85. The van der Waals surface area contributed by atoms with E-state index >= 15 is 0 Å². The molecule has 0 radical (unpaired) electrons. The van der Waals surface area contributed by atoms with E-state index in [0.29, 0.717) is 13.0 Å². The summed E-state index contributed by atoms with van der Waals surface area (Å²) in [7, 11) is 0. The first-order valence-corrected chi connectivity index (χ1v) is 9.68. The molecule has 2 aromatic carbocycles. The highest BCUT2D eigenvalue weighted by Crippen LogP contribution is 2.35. The fourth-order valence-corrected chi connectivity index (χ4v) is 3.85. The van der Waals surface area contributed by atoms with Gasteiger partial charge in [-0.05, 0) is 30.4 Å². The number of amides is 2. The Morgan fingerprint density at radius 2 is 1.79 bits per heavy atom. The summed E-state index contributed by atoms with van der Waals surface area (Å²) in [6.45, 7) is 0.654. The lowest BCUT2D eigenvalue weighted by Crippen LogP contribution is -2.49. The number of nitrogens with zero attached hydrogens (tertiary/aromatic N) is 1. The lowest BCUT2D eigenvalue weighted by Gasteiger charge is -2.29. The molecule has 2 saturated heterocycles. The molecule has 0 unspecified atom stereocenters. The van der Waals surface area contributed by atoms with Crippen LogP contribution in [0.25, 0.3) is 0 Å². The quantitative estimate of drug-likeness (QED) is 0.883. The second-order valence-electron chi connectivity index (χ2n) is 7.15. The maximum atomic E-state index is 13.2. The number of ether oxygens (including phenoxy) is 2. The number of hydrogen-bond acceptors (Lipinski definition) is 4. The third kappa shape index (κ3) is 4.02. The molecule has 0 saturated carbocycles. The molecule has 2 amide bonds. The summed E-state index contributed by atoms with van der Waals surface area (Å²) < 4.78 is 11.2. The summed E-state index contributed by atoms with van der Waals surface area (Å²) in [4.78, 5) is 27.2. The molecule has 3 atom stereocenters. The van der Waals surface area contributed by atoms with Crippen molar-refractivity contribution in [2.75, 3.05) is 6.61 Å². The predicted molar refractivity (Wildman–Crippen MR) is 103 cm³/mol. The van der Waals surface area contributed by atoms with Gasteiger partial charge < -0.3 is 19.7 Å². The van der Waals surface area contributed by atoms with Crippen molar-refractivity contribution in [3.05, 3.63) is 71.8 Å². The maximum Gasteiger partial charge on any atom is 0.408 e. The predicted octanol–water partition coefficient (Wildman–Crippen LogP) is 3.39. The van der Waals surface area contributed by atoms with Gasteiger partial charge in [-0.25, -0.2) is 4.79 Å². The average Bonchev–Trinajstić information content (AvgIpc) is 3.10. The second-order valence-corrected chi connectivity index (χ2v) is 7.15. The van der Waals surface area contributed by atoms with Crippen LogP contribution in [0.5, 0.6) is 0 Å². The van der Waals surface area contributed by atoms with Crippen LogP contribution in [-0.4, -0.2) is 35.8 Å². The van der Waals surface area contributed by atoms with Gasteiger partial charge >= 0.3 is 6.09 Å². The van der Waals surface area contributed by atoms with Crippen molar-refractivity contribution in [2.24, 2.45) is 0 Å². The van der Waals surface area contributed by atoms with Crippen LogP contribution in [-0.2, 0) is 20.9 Å². The minimum Gasteiger partial charge on any atom is -0.445 e. The molecule has 4 rings (SSSR count). The summed E-state index contributed by atoms with van der Waals surface area (Å²) >= 11 is 0. The van der Waals surface area contributed by atoms with Crippen molar-refractivity contribution in [1.82, 2.24) is 10.2 Å². The second kappa shape index (κ2) is 8.44. The van der Waals surface area contributed by atoms with E-state index in [1.54, 1.807) is 4.90 Å². The zero-order valence-electron chi connectivity index (χ0n) is 15.6. The van der Waals surface area contributed by atoms with Gasteiger partial charge in [0.25, 0.3) is 0 Å². The number of hydrogen-bond donors (Lipinski definition) is 1. The molecule has 2 aliphatic rings. The van der Waals surface area contributed by atoms with Gasteiger partial charge in [0, 0.05) is 0 Å². The van der Waals surface area contributed by atoms with Crippen LogP contribution >= 0.6 is 0 Å². The Bertz CT molecular complexity index is 812. The molecule has 0 spiro atoms. The highest BCUT2D eigenvalue weighted by Gasteiger charge is 2.43. The van der Waals surface area contributed by atoms with E-state index in [9.17, 15) is 9.59 Å². The van der Waals surface area contributed by atoms with Crippen LogP contribution in [0.4, 0.5) is 4.79 Å². The van der Waals surface area contributed by atoms with E-state index in [2.05, 4.69) is 5.32 Å². The third-order valence-electron chi connectivity index (χ3n) is 5.28. The average molecular weight is 380 g/mol. The molecule has 6 heteroatoms. The molecular formula is C22H24N2O4. The van der Waals surface area contributed by atoms with Gasteiger partial charge in [-0.2, -0.15) is 0 Å². The van der Waals surface area contributed by atoms with Crippen LogP contribution in [0.15, 0.2) is 60.7 Å². The molecule has 2 aromatic rings. The molecule has 0 aliphatic carbocycles. The Kier molecular flexibility index (Phi) is 5.58. The Balaban J connectivity index is 1.42. The Morgan fingerprint density at radius 3 is 2.54 bits per heavy atom. The van der Waals surface area contributed by atoms with Gasteiger partial charge in [-0.3, -0.25) is 4.79 Å². The maximum absolute atomic E-state index is 13.2. The first kappa shape index (κ1) is 18.5. The summed E-state index contributed by atoms with van der Waals surface area (Å²) in [6.07, 6.45) is 1.35. The van der Waals surface area contributed by atoms with Gasteiger partial charge in [0.1, 0.15) is 18.9 Å². The topological polar surface area (TPSA) is 67.9 Å². The summed E-state index contributed by atoms with van der Waals surface area (Å²) in [6, 6.07) is 18.6. The standard InChI is InChI=1S/C22H24N2O4/c25-21-18(23-22(26)28-14-16-8-3-1-4-9-16)12-7-13-20-24(21)19(15-27-20)17-10-5-2-6-11-17/h1-6,8-11,18-20H,7,12-15H2,(H,23,26)/t18-,19+,20+/m0/s1. The number of benzene rings is 2. The zero-order chi connectivity index (χ0) is 19.3. The van der Waals surface area contributed by atoms with E-state index in [1.807, 2.05) is 60.7 Å². The van der Waals surface area contributed by atoms with Crippen molar-refractivity contribution in [1.29, 1.82) is 0 Å². The van der Waals surface area contributed by atoms with Gasteiger partial charge in [0.15, 0.2) is 0 Å². The molecule has 2 heterocycles. The minimum absolute atomic E-state index is 0.106. The van der Waals surface area contributed by atoms with E-state index in [1.165, 1.54) is 0 Å². The molecule has 0 aromatic heterocycles. The fraction of sp³-hybridized carbons (Fsp3) is 0.364. The smallest absolute Gasteiger partial charge is 0.408 e. The van der Waals surface area contributed by atoms with E-state index in [4.69, 9.17) is 9.47 Å². The highest BCUT2D eigenvalue weighted by atomic mass is 16.5. The Hall–Kier alpha value is -2.86. The molecule has 2 aliphatic heterocycles. The number of rotatable bonds is 4. The Morgan fingerprint density at radius 1 is 1.07 bits per heavy atom. The monoisotopic (exact) mass is 380 g/mol. The lowest BCUT2D eigenvalue weighted by atomic mass is 10.1. The minimum atomic E-state index is -0.596. The van der Waals surface area contributed by atoms with Crippen LogP contribution in [0, 0.1) is 0 Å². The molecule has 28 heavy (non-hydrogen) atoms. The largest absolute Gasteiger partial charge is 0.445 e. The van der Waals surface area contributed by atoms with Crippen LogP contribution in [0.2, 0.25) is 0 Å². The number of nitrogens with one attached hydrogen (secondary N) is 1. The van der Waals surface area contributed by atoms with Crippen molar-refractivity contribution < 1.29 is 19.1 Å². The first-order chi connectivity index (χ1) is 13.7. The molecule has 0 bridgehead atoms. The van der Waals surface area contributed by atoms with Crippen molar-refractivity contribution in [3.8, 4) is 0 Å². The van der Waals surface area contributed by atoms with Crippen LogP contribution in [0.1, 0.15) is 36.4 Å². The van der Waals surface area contributed by atoms with Crippen LogP contribution < -0.4 is 5.32 Å². The van der Waals surface area contributed by atoms with Crippen molar-refractivity contribution in [3.63, 3.8) is 0 Å². The van der Waals surface area contributed by atoms with Gasteiger partial charge in [-0.1, -0.05) is 60.7 Å². The van der Waals surface area contributed by atoms with E-state index in [0.717, 1.165) is 24.0 Å². The van der Waals surface area contributed by atoms with E-state index in [-0.39, 0.29) is 24.8 Å². The Labute approximate surface area is 164 Å². The van der Waals surface area contributed by atoms with Gasteiger partial charge in [0.2, 0.25) is 5.91 Å². The zero-order valence-corrected chi connectivity index (χ0v) is 15.6. The number of alkyl carbamates (subject to hydrolysis) is 1. The van der Waals surface area contributed by atoms with E-state index < -0.39 is 12.1 Å². The first-order valence-electron chi connectivity index (χ1n) is 9.68. The molecule has 6 nitrogen and oxygen atoms in total. The number of fused-ring (bicyclic) bond motifs is 1. The summed E-state index contributed by atoms with van der Waals surface area (Å²) in [5.41, 5.74) is 1.95.